The number of hydrogen-bond donors (Lipinski definition) is 2. The molecule has 3 aromatic heterocycles. The summed E-state index contributed by atoms with van der Waals surface area (Å²) in [6, 6.07) is 3.47. The van der Waals surface area contributed by atoms with Crippen LogP contribution in [0.3, 0.4) is 0 Å². The number of aryl methyl sites for hydroxylation is 3. The van der Waals surface area contributed by atoms with Crippen LogP contribution in [0.5, 0.6) is 0 Å². The Labute approximate surface area is 150 Å². The summed E-state index contributed by atoms with van der Waals surface area (Å²) < 4.78 is 39.3. The Kier molecular flexibility index (Phi) is 4.39. The summed E-state index contributed by atoms with van der Waals surface area (Å²) >= 11 is 6.22. The van der Waals surface area contributed by atoms with Crippen LogP contribution in [-0.4, -0.2) is 25.9 Å². The molecule has 0 saturated heterocycles. The zero-order chi connectivity index (χ0) is 19.2. The molecule has 0 bridgehead atoms. The number of alkyl halides is 3. The number of nitrogen functional groups attached to an aromatic ring is 1. The summed E-state index contributed by atoms with van der Waals surface area (Å²) in [5.41, 5.74) is 7.57. The van der Waals surface area contributed by atoms with Crippen LogP contribution in [0.1, 0.15) is 17.8 Å². The van der Waals surface area contributed by atoms with Gasteiger partial charge in [0, 0.05) is 11.4 Å². The number of aromatic amines is 1. The topological polar surface area (TPSA) is 93.7 Å². The highest BCUT2D eigenvalue weighted by molar-refractivity contribution is 6.32. The fraction of sp³-hybridized carbons (Fsp3) is 0.333. The van der Waals surface area contributed by atoms with Crippen LogP contribution in [0, 0.1) is 13.8 Å². The third kappa shape index (κ3) is 3.36. The molecule has 138 valence electrons. The number of nitrogens with two attached hydrogens (primary N) is 1. The summed E-state index contributed by atoms with van der Waals surface area (Å²) in [7, 11) is 0. The van der Waals surface area contributed by atoms with Gasteiger partial charge in [0.15, 0.2) is 5.15 Å². The second-order valence-corrected chi connectivity index (χ2v) is 6.23. The van der Waals surface area contributed by atoms with Crippen molar-refractivity contribution in [3.63, 3.8) is 0 Å². The van der Waals surface area contributed by atoms with Gasteiger partial charge in [-0.25, -0.2) is 9.89 Å². The number of aromatic nitrogens is 5. The molecule has 0 atom stereocenters. The molecule has 11 heteroatoms. The standard InChI is InChI=1S/C15H14ClF3N6O/c1-7-5-9(6-8(2)21-7)10-11(16)22-13(20)25-12(10)23-24(14(25)26)4-3-15(17,18)19/h5-6H,3-4H2,1-2H3,(H2,20,21,22,23)/p+1. The van der Waals surface area contributed by atoms with Crippen LogP contribution < -0.4 is 15.8 Å². The van der Waals surface area contributed by atoms with Crippen molar-refractivity contribution in [2.75, 3.05) is 5.73 Å². The van der Waals surface area contributed by atoms with Crippen molar-refractivity contribution in [1.82, 2.24) is 19.7 Å². The first-order valence-electron chi connectivity index (χ1n) is 7.59. The van der Waals surface area contributed by atoms with Gasteiger partial charge in [0.1, 0.15) is 0 Å². The molecule has 3 heterocycles. The second-order valence-electron chi connectivity index (χ2n) is 5.87. The lowest BCUT2D eigenvalue weighted by Crippen LogP contribution is -2.44. The van der Waals surface area contributed by atoms with Gasteiger partial charge in [-0.3, -0.25) is 4.98 Å². The average molecular weight is 388 g/mol. The Hall–Kier alpha value is -2.62. The van der Waals surface area contributed by atoms with Gasteiger partial charge in [0.2, 0.25) is 5.65 Å². The highest BCUT2D eigenvalue weighted by Crippen LogP contribution is 2.29. The smallest absolute Gasteiger partial charge is 0.319 e. The number of halogens is 4. The van der Waals surface area contributed by atoms with E-state index in [1.807, 2.05) is 0 Å². The largest absolute Gasteiger partial charge is 0.428 e. The minimum Gasteiger partial charge on any atom is -0.319 e. The number of anilines is 1. The van der Waals surface area contributed by atoms with Crippen LogP contribution in [0.15, 0.2) is 16.9 Å². The van der Waals surface area contributed by atoms with E-state index in [9.17, 15) is 18.0 Å². The highest BCUT2D eigenvalue weighted by atomic mass is 35.5. The maximum Gasteiger partial charge on any atom is 0.428 e. The van der Waals surface area contributed by atoms with E-state index in [-0.39, 0.29) is 16.7 Å². The molecule has 0 amide bonds. The fourth-order valence-corrected chi connectivity index (χ4v) is 3.04. The molecule has 7 nitrogen and oxygen atoms in total. The van der Waals surface area contributed by atoms with Gasteiger partial charge in [-0.1, -0.05) is 0 Å². The fourth-order valence-electron chi connectivity index (χ4n) is 2.75. The van der Waals surface area contributed by atoms with Crippen LogP contribution in [0.4, 0.5) is 19.1 Å². The zero-order valence-corrected chi connectivity index (χ0v) is 14.6. The highest BCUT2D eigenvalue weighted by Gasteiger charge is 2.30. The van der Waals surface area contributed by atoms with Crippen molar-refractivity contribution in [3.05, 3.63) is 39.2 Å². The number of nitrogens with zero attached hydrogens (tertiary/aromatic N) is 4. The first-order valence-corrected chi connectivity index (χ1v) is 7.96. The van der Waals surface area contributed by atoms with Crippen molar-refractivity contribution >= 4 is 23.2 Å². The molecule has 0 radical (unpaired) electrons. The number of hydrogen-bond acceptors (Lipinski definition) is 4. The number of pyridine rings is 1. The molecule has 0 unspecified atom stereocenters. The summed E-state index contributed by atoms with van der Waals surface area (Å²) in [6.45, 7) is 3.00. The Bertz CT molecular complexity index is 1040. The van der Waals surface area contributed by atoms with Crippen LogP contribution in [0.2, 0.25) is 5.15 Å². The number of H-pyrrole nitrogens is 1. The van der Waals surface area contributed by atoms with E-state index in [1.54, 1.807) is 26.0 Å². The molecule has 3 rings (SSSR count). The summed E-state index contributed by atoms with van der Waals surface area (Å²) in [4.78, 5) is 20.7. The molecule has 0 aliphatic heterocycles. The van der Waals surface area contributed by atoms with Crippen LogP contribution in [0.25, 0.3) is 16.8 Å². The second kappa shape index (κ2) is 6.27. The van der Waals surface area contributed by atoms with Gasteiger partial charge in [-0.15, -0.1) is 9.38 Å². The molecule has 0 fully saturated rings. The Morgan fingerprint density at radius 1 is 1.27 bits per heavy atom. The van der Waals surface area contributed by atoms with Crippen molar-refractivity contribution < 1.29 is 17.6 Å². The first-order chi connectivity index (χ1) is 12.1. The molecule has 0 spiro atoms. The Morgan fingerprint density at radius 3 is 2.46 bits per heavy atom. The lowest BCUT2D eigenvalue weighted by atomic mass is 10.1. The average Bonchev–Trinajstić information content (AvgIpc) is 2.80. The van der Waals surface area contributed by atoms with E-state index in [2.05, 4.69) is 15.1 Å². The molecular weight excluding hydrogens is 373 g/mol. The lowest BCUT2D eigenvalue weighted by molar-refractivity contribution is -0.516. The normalized spacial score (nSPS) is 12.1. The van der Waals surface area contributed by atoms with E-state index in [0.717, 1.165) is 9.08 Å². The summed E-state index contributed by atoms with van der Waals surface area (Å²) in [5.74, 6) is -0.219. The van der Waals surface area contributed by atoms with E-state index in [4.69, 9.17) is 17.3 Å². The predicted octanol–water partition coefficient (Wildman–Crippen LogP) is 2.18. The van der Waals surface area contributed by atoms with Gasteiger partial charge in [-0.2, -0.15) is 17.9 Å². The third-order valence-electron chi connectivity index (χ3n) is 3.76. The van der Waals surface area contributed by atoms with Crippen molar-refractivity contribution in [2.24, 2.45) is 0 Å². The number of fused-ring (bicyclic) bond motifs is 1. The minimum absolute atomic E-state index is 0.0247. The molecule has 26 heavy (non-hydrogen) atoms. The molecule has 0 aliphatic carbocycles. The third-order valence-corrected chi connectivity index (χ3v) is 4.03. The zero-order valence-electron chi connectivity index (χ0n) is 13.9. The predicted molar refractivity (Wildman–Crippen MR) is 88.8 cm³/mol. The maximum atomic E-state index is 12.5. The number of rotatable bonds is 3. The van der Waals surface area contributed by atoms with Gasteiger partial charge < -0.3 is 5.73 Å². The SMILES string of the molecule is Cc1cc(-c2c(Cl)nc(N)[n+]3c(=O)n(CCC(F)(F)F)[nH]c23)cc(C)n1. The van der Waals surface area contributed by atoms with Crippen molar-refractivity contribution in [1.29, 1.82) is 0 Å². The van der Waals surface area contributed by atoms with Gasteiger partial charge in [-0.05, 0) is 43.1 Å². The van der Waals surface area contributed by atoms with Gasteiger partial charge in [0.25, 0.3) is 0 Å². The lowest BCUT2D eigenvalue weighted by Gasteiger charge is -2.06. The summed E-state index contributed by atoms with van der Waals surface area (Å²) in [6.07, 6.45) is -5.56. The van der Waals surface area contributed by atoms with Crippen molar-refractivity contribution in [3.8, 4) is 11.1 Å². The number of nitrogens with one attached hydrogen (secondary N) is 1. The molecule has 3 aromatic rings. The van der Waals surface area contributed by atoms with E-state index < -0.39 is 24.8 Å². The van der Waals surface area contributed by atoms with Gasteiger partial charge >= 0.3 is 17.8 Å². The summed E-state index contributed by atoms with van der Waals surface area (Å²) in [5, 5.41) is 2.69. The molecular formula is C15H15ClF3N6O+. The van der Waals surface area contributed by atoms with Crippen LogP contribution in [-0.2, 0) is 6.54 Å². The van der Waals surface area contributed by atoms with E-state index in [0.29, 0.717) is 22.5 Å². The Balaban J connectivity index is 2.25. The molecule has 0 aromatic carbocycles. The maximum absolute atomic E-state index is 12.5. The molecule has 3 N–H and O–H groups in total. The van der Waals surface area contributed by atoms with E-state index >= 15 is 0 Å². The van der Waals surface area contributed by atoms with Crippen molar-refractivity contribution in [2.45, 2.75) is 33.0 Å². The van der Waals surface area contributed by atoms with Gasteiger partial charge in [0.05, 0.1) is 18.5 Å². The first kappa shape index (κ1) is 18.2. The quantitative estimate of drug-likeness (QED) is 0.532. The minimum atomic E-state index is -4.40. The monoisotopic (exact) mass is 387 g/mol. The van der Waals surface area contributed by atoms with E-state index in [1.165, 1.54) is 0 Å². The molecule has 0 aliphatic rings. The van der Waals surface area contributed by atoms with Crippen LogP contribution >= 0.6 is 11.6 Å². The molecule has 0 saturated carbocycles. The Morgan fingerprint density at radius 2 is 1.88 bits per heavy atom.